The molecule has 9 heteroatoms. The Morgan fingerprint density at radius 3 is 2.47 bits per heavy atom. The van der Waals surface area contributed by atoms with E-state index < -0.39 is 0 Å². The number of methoxy groups -OCH3 is 2. The quantitative estimate of drug-likeness (QED) is 0.285. The SMILES string of the molecule is CCC(Sc1cccc(NC(=O)CC(C)(C)C)c1)C(=O)Nc1nc(-c2ccc(OC)c(OC)c2)cs1. The first-order chi connectivity index (χ1) is 17.1. The number of carbonyl (C=O) groups excluding carboxylic acids is 2. The number of aromatic nitrogens is 1. The second-order valence-corrected chi connectivity index (χ2v) is 11.6. The maximum Gasteiger partial charge on any atom is 0.239 e. The van der Waals surface area contributed by atoms with Gasteiger partial charge in [-0.2, -0.15) is 0 Å². The van der Waals surface area contributed by atoms with Gasteiger partial charge in [-0.1, -0.05) is 33.8 Å². The highest BCUT2D eigenvalue weighted by molar-refractivity contribution is 8.00. The lowest BCUT2D eigenvalue weighted by atomic mass is 9.92. The third-order valence-electron chi connectivity index (χ3n) is 5.16. The van der Waals surface area contributed by atoms with E-state index in [0.717, 1.165) is 21.8 Å². The first-order valence-corrected chi connectivity index (χ1v) is 13.4. The molecule has 36 heavy (non-hydrogen) atoms. The molecule has 1 unspecified atom stereocenters. The minimum atomic E-state index is -0.307. The first kappa shape index (κ1) is 27.5. The number of anilines is 2. The molecule has 0 spiro atoms. The second-order valence-electron chi connectivity index (χ2n) is 9.43. The van der Waals surface area contributed by atoms with Crippen molar-refractivity contribution in [2.45, 2.75) is 50.7 Å². The van der Waals surface area contributed by atoms with Gasteiger partial charge in [-0.15, -0.1) is 23.1 Å². The molecule has 0 aliphatic rings. The van der Waals surface area contributed by atoms with Crippen LogP contribution in [0.3, 0.4) is 0 Å². The van der Waals surface area contributed by atoms with E-state index in [-0.39, 0.29) is 22.5 Å². The summed E-state index contributed by atoms with van der Waals surface area (Å²) in [6.07, 6.45) is 1.08. The number of rotatable bonds is 10. The number of nitrogens with zero attached hydrogens (tertiary/aromatic N) is 1. The molecule has 0 fully saturated rings. The van der Waals surface area contributed by atoms with E-state index in [1.807, 2.05) is 75.5 Å². The molecule has 3 aromatic rings. The number of benzene rings is 2. The van der Waals surface area contributed by atoms with Crippen LogP contribution in [-0.2, 0) is 9.59 Å². The van der Waals surface area contributed by atoms with E-state index in [1.165, 1.54) is 23.1 Å². The van der Waals surface area contributed by atoms with Crippen molar-refractivity contribution in [2.24, 2.45) is 5.41 Å². The summed E-state index contributed by atoms with van der Waals surface area (Å²) in [4.78, 5) is 30.8. The lowest BCUT2D eigenvalue weighted by molar-refractivity contribution is -0.118. The molecule has 2 N–H and O–H groups in total. The Kier molecular flexibility index (Phi) is 9.39. The van der Waals surface area contributed by atoms with E-state index in [0.29, 0.717) is 29.5 Å². The van der Waals surface area contributed by atoms with Crippen molar-refractivity contribution in [1.82, 2.24) is 4.98 Å². The van der Waals surface area contributed by atoms with Gasteiger partial charge in [0.1, 0.15) is 0 Å². The average molecular weight is 528 g/mol. The van der Waals surface area contributed by atoms with Crippen molar-refractivity contribution in [2.75, 3.05) is 24.9 Å². The van der Waals surface area contributed by atoms with Crippen LogP contribution in [0.5, 0.6) is 11.5 Å². The van der Waals surface area contributed by atoms with Gasteiger partial charge in [-0.05, 0) is 48.2 Å². The maximum atomic E-state index is 13.0. The van der Waals surface area contributed by atoms with Crippen LogP contribution in [0.15, 0.2) is 52.7 Å². The van der Waals surface area contributed by atoms with Crippen molar-refractivity contribution in [3.63, 3.8) is 0 Å². The molecule has 7 nitrogen and oxygen atoms in total. The van der Waals surface area contributed by atoms with Crippen LogP contribution in [0.1, 0.15) is 40.5 Å². The molecule has 1 aromatic heterocycles. The Labute approximate surface area is 221 Å². The summed E-state index contributed by atoms with van der Waals surface area (Å²) in [5, 5.41) is 8.03. The predicted octanol–water partition coefficient (Wildman–Crippen LogP) is 6.71. The van der Waals surface area contributed by atoms with Crippen molar-refractivity contribution >= 4 is 45.7 Å². The zero-order valence-corrected chi connectivity index (χ0v) is 23.1. The minimum Gasteiger partial charge on any atom is -0.493 e. The Hall–Kier alpha value is -3.04. The van der Waals surface area contributed by atoms with Gasteiger partial charge in [0, 0.05) is 27.9 Å². The monoisotopic (exact) mass is 527 g/mol. The smallest absolute Gasteiger partial charge is 0.239 e. The normalized spacial score (nSPS) is 12.1. The molecular weight excluding hydrogens is 494 g/mol. The number of ether oxygens (including phenoxy) is 2. The minimum absolute atomic E-state index is 0.0245. The van der Waals surface area contributed by atoms with Crippen molar-refractivity contribution in [3.8, 4) is 22.8 Å². The standard InChI is InChI=1S/C27H33N3O4S2/c1-7-23(36-19-10-8-9-18(14-19)28-24(31)15-27(2,3)4)25(32)30-26-29-20(16-35-26)17-11-12-21(33-5)22(13-17)34-6/h8-14,16,23H,7,15H2,1-6H3,(H,28,31)(H,29,30,32). The molecule has 0 radical (unpaired) electrons. The topological polar surface area (TPSA) is 89.6 Å². The number of nitrogens with one attached hydrogen (secondary N) is 2. The maximum absolute atomic E-state index is 13.0. The summed E-state index contributed by atoms with van der Waals surface area (Å²) in [6, 6.07) is 13.2. The Morgan fingerprint density at radius 1 is 1.06 bits per heavy atom. The summed E-state index contributed by atoms with van der Waals surface area (Å²) in [5.41, 5.74) is 2.26. The highest BCUT2D eigenvalue weighted by atomic mass is 32.2. The molecular formula is C27H33N3O4S2. The molecule has 0 saturated heterocycles. The van der Waals surface area contributed by atoms with Crippen LogP contribution in [-0.4, -0.2) is 36.3 Å². The van der Waals surface area contributed by atoms with Crippen LogP contribution in [0, 0.1) is 5.41 Å². The number of thioether (sulfide) groups is 1. The molecule has 1 heterocycles. The second kappa shape index (κ2) is 12.3. The van der Waals surface area contributed by atoms with E-state index in [4.69, 9.17) is 9.47 Å². The average Bonchev–Trinajstić information content (AvgIpc) is 3.29. The third-order valence-corrected chi connectivity index (χ3v) is 7.28. The van der Waals surface area contributed by atoms with Gasteiger partial charge in [-0.3, -0.25) is 9.59 Å². The largest absolute Gasteiger partial charge is 0.493 e. The summed E-state index contributed by atoms with van der Waals surface area (Å²) in [7, 11) is 3.18. The van der Waals surface area contributed by atoms with E-state index in [9.17, 15) is 9.59 Å². The van der Waals surface area contributed by atoms with Gasteiger partial charge >= 0.3 is 0 Å². The van der Waals surface area contributed by atoms with Crippen LogP contribution in [0.25, 0.3) is 11.3 Å². The molecule has 0 aliphatic heterocycles. The van der Waals surface area contributed by atoms with Crippen LogP contribution in [0.2, 0.25) is 0 Å². The molecule has 3 rings (SSSR count). The fraction of sp³-hybridized carbons (Fsp3) is 0.370. The van der Waals surface area contributed by atoms with Crippen molar-refractivity contribution in [3.05, 3.63) is 47.8 Å². The predicted molar refractivity (Wildman–Crippen MR) is 148 cm³/mol. The van der Waals surface area contributed by atoms with Crippen LogP contribution < -0.4 is 20.1 Å². The summed E-state index contributed by atoms with van der Waals surface area (Å²) >= 11 is 2.84. The zero-order valence-electron chi connectivity index (χ0n) is 21.5. The molecule has 0 bridgehead atoms. The van der Waals surface area contributed by atoms with Crippen LogP contribution >= 0.6 is 23.1 Å². The Balaban J connectivity index is 1.65. The fourth-order valence-corrected chi connectivity index (χ4v) is 5.20. The lowest BCUT2D eigenvalue weighted by Crippen LogP contribution is -2.24. The number of hydrogen-bond acceptors (Lipinski definition) is 7. The summed E-state index contributed by atoms with van der Waals surface area (Å²) < 4.78 is 10.7. The van der Waals surface area contributed by atoms with Gasteiger partial charge < -0.3 is 20.1 Å². The molecule has 0 saturated carbocycles. The highest BCUT2D eigenvalue weighted by Gasteiger charge is 2.21. The molecule has 2 amide bonds. The van der Waals surface area contributed by atoms with Crippen molar-refractivity contribution in [1.29, 1.82) is 0 Å². The lowest BCUT2D eigenvalue weighted by Gasteiger charge is -2.18. The number of hydrogen-bond donors (Lipinski definition) is 2. The summed E-state index contributed by atoms with van der Waals surface area (Å²) in [6.45, 7) is 8.07. The van der Waals surface area contributed by atoms with Gasteiger partial charge in [0.15, 0.2) is 16.6 Å². The Morgan fingerprint density at radius 2 is 1.81 bits per heavy atom. The van der Waals surface area contributed by atoms with E-state index >= 15 is 0 Å². The first-order valence-electron chi connectivity index (χ1n) is 11.7. The zero-order chi connectivity index (χ0) is 26.3. The van der Waals surface area contributed by atoms with Gasteiger partial charge in [-0.25, -0.2) is 4.98 Å². The highest BCUT2D eigenvalue weighted by Crippen LogP contribution is 2.34. The van der Waals surface area contributed by atoms with Gasteiger partial charge in [0.05, 0.1) is 25.2 Å². The Bertz CT molecular complexity index is 1200. The third kappa shape index (κ3) is 7.73. The van der Waals surface area contributed by atoms with Gasteiger partial charge in [0.2, 0.25) is 11.8 Å². The number of amides is 2. The molecule has 192 valence electrons. The molecule has 2 aromatic carbocycles. The molecule has 1 atom stereocenters. The fourth-order valence-electron chi connectivity index (χ4n) is 3.47. The number of carbonyl (C=O) groups is 2. The summed E-state index contributed by atoms with van der Waals surface area (Å²) in [5.74, 6) is 1.12. The van der Waals surface area contributed by atoms with Crippen molar-refractivity contribution < 1.29 is 19.1 Å². The van der Waals surface area contributed by atoms with Crippen LogP contribution in [0.4, 0.5) is 10.8 Å². The van der Waals surface area contributed by atoms with E-state index in [2.05, 4.69) is 15.6 Å². The van der Waals surface area contributed by atoms with Gasteiger partial charge in [0.25, 0.3) is 0 Å². The molecule has 0 aliphatic carbocycles. The number of thiazole rings is 1. The van der Waals surface area contributed by atoms with E-state index in [1.54, 1.807) is 14.2 Å².